The number of alkyl halides is 2. The van der Waals surface area contributed by atoms with Crippen molar-refractivity contribution in [2.45, 2.75) is 50.4 Å². The Morgan fingerprint density at radius 2 is 1.83 bits per heavy atom. The van der Waals surface area contributed by atoms with E-state index in [2.05, 4.69) is 0 Å². The molecular weight excluding hydrogens is 398 g/mol. The maximum absolute atomic E-state index is 14.7. The van der Waals surface area contributed by atoms with Crippen LogP contribution in [0.5, 0.6) is 11.5 Å². The van der Waals surface area contributed by atoms with Gasteiger partial charge in [-0.2, -0.15) is 0 Å². The number of rotatable bonds is 6. The maximum atomic E-state index is 14.7. The molecule has 2 aromatic rings. The second-order valence-electron chi connectivity index (χ2n) is 7.73. The SMILES string of the molecule is Cc1cc(O)c([C@H]2O[C@@H](CO)[C@](C)(F)[C@@H](O)[C@@H]2O)cc1Cc1ccc(OCF)cc1. The summed E-state index contributed by atoms with van der Waals surface area (Å²) in [6.07, 6.45) is -5.57. The number of ether oxygens (including phenoxy) is 2. The Morgan fingerprint density at radius 3 is 2.43 bits per heavy atom. The molecule has 1 fully saturated rings. The van der Waals surface area contributed by atoms with Gasteiger partial charge >= 0.3 is 0 Å². The van der Waals surface area contributed by atoms with Crippen molar-refractivity contribution < 1.29 is 38.7 Å². The summed E-state index contributed by atoms with van der Waals surface area (Å²) in [5.41, 5.74) is 0.322. The van der Waals surface area contributed by atoms with E-state index in [-0.39, 0.29) is 11.3 Å². The van der Waals surface area contributed by atoms with E-state index in [0.29, 0.717) is 12.2 Å². The number of aliphatic hydroxyl groups is 3. The monoisotopic (exact) mass is 424 g/mol. The largest absolute Gasteiger partial charge is 0.508 e. The van der Waals surface area contributed by atoms with Crippen LogP contribution in [0.25, 0.3) is 0 Å². The highest BCUT2D eigenvalue weighted by molar-refractivity contribution is 5.45. The molecule has 8 heteroatoms. The molecule has 0 aliphatic carbocycles. The van der Waals surface area contributed by atoms with Gasteiger partial charge in [-0.15, -0.1) is 0 Å². The van der Waals surface area contributed by atoms with Crippen LogP contribution in [0.4, 0.5) is 8.78 Å². The summed E-state index contributed by atoms with van der Waals surface area (Å²) in [5.74, 6) is 0.236. The number of phenols is 1. The molecule has 0 spiro atoms. The number of aliphatic hydroxyl groups excluding tert-OH is 3. The van der Waals surface area contributed by atoms with Crippen LogP contribution < -0.4 is 4.74 Å². The molecule has 2 aromatic carbocycles. The molecule has 0 aromatic heterocycles. The van der Waals surface area contributed by atoms with Gasteiger partial charge in [0.25, 0.3) is 0 Å². The molecule has 1 heterocycles. The number of benzene rings is 2. The number of phenolic OH excluding ortho intramolecular Hbond substituents is 1. The first kappa shape index (κ1) is 22.4. The quantitative estimate of drug-likeness (QED) is 0.569. The van der Waals surface area contributed by atoms with Crippen molar-refractivity contribution in [2.24, 2.45) is 0 Å². The van der Waals surface area contributed by atoms with E-state index in [1.165, 1.54) is 6.07 Å². The van der Waals surface area contributed by atoms with E-state index in [9.17, 15) is 29.2 Å². The van der Waals surface area contributed by atoms with Gasteiger partial charge in [0.1, 0.15) is 35.9 Å². The van der Waals surface area contributed by atoms with Crippen molar-refractivity contribution in [1.29, 1.82) is 0 Å². The first-order chi connectivity index (χ1) is 14.2. The first-order valence-electron chi connectivity index (χ1n) is 9.60. The first-order valence-corrected chi connectivity index (χ1v) is 9.60. The summed E-state index contributed by atoms with van der Waals surface area (Å²) >= 11 is 0. The van der Waals surface area contributed by atoms with Crippen LogP contribution in [0.2, 0.25) is 0 Å². The maximum Gasteiger partial charge on any atom is 0.228 e. The van der Waals surface area contributed by atoms with Crippen LogP contribution in [-0.4, -0.2) is 57.9 Å². The Hall–Kier alpha value is -2.26. The lowest BCUT2D eigenvalue weighted by Gasteiger charge is -2.45. The van der Waals surface area contributed by atoms with Gasteiger partial charge < -0.3 is 29.9 Å². The van der Waals surface area contributed by atoms with Crippen LogP contribution in [0.15, 0.2) is 36.4 Å². The fourth-order valence-corrected chi connectivity index (χ4v) is 3.72. The number of halogens is 2. The summed E-state index contributed by atoms with van der Waals surface area (Å²) < 4.78 is 37.3. The number of aryl methyl sites for hydroxylation is 1. The summed E-state index contributed by atoms with van der Waals surface area (Å²) in [5, 5.41) is 40.6. The Balaban J connectivity index is 1.91. The smallest absolute Gasteiger partial charge is 0.228 e. The van der Waals surface area contributed by atoms with Gasteiger partial charge in [-0.3, -0.25) is 0 Å². The molecule has 6 nitrogen and oxygen atoms in total. The van der Waals surface area contributed by atoms with Crippen LogP contribution >= 0.6 is 0 Å². The molecule has 0 radical (unpaired) electrons. The molecule has 0 unspecified atom stereocenters. The van der Waals surface area contributed by atoms with Gasteiger partial charge in [-0.25, -0.2) is 8.78 Å². The fourth-order valence-electron chi connectivity index (χ4n) is 3.72. The van der Waals surface area contributed by atoms with Crippen molar-refractivity contribution in [2.75, 3.05) is 13.5 Å². The molecule has 5 atom stereocenters. The van der Waals surface area contributed by atoms with E-state index in [1.54, 1.807) is 30.3 Å². The molecule has 1 aliphatic heterocycles. The second-order valence-corrected chi connectivity index (χ2v) is 7.73. The van der Waals surface area contributed by atoms with E-state index < -0.39 is 43.6 Å². The van der Waals surface area contributed by atoms with Gasteiger partial charge in [0.15, 0.2) is 5.67 Å². The lowest BCUT2D eigenvalue weighted by molar-refractivity contribution is -0.249. The summed E-state index contributed by atoms with van der Waals surface area (Å²) in [4.78, 5) is 0. The third-order valence-electron chi connectivity index (χ3n) is 5.65. The lowest BCUT2D eigenvalue weighted by atomic mass is 9.82. The lowest BCUT2D eigenvalue weighted by Crippen LogP contribution is -2.60. The van der Waals surface area contributed by atoms with Gasteiger partial charge in [0, 0.05) is 5.56 Å². The van der Waals surface area contributed by atoms with Crippen molar-refractivity contribution in [3.05, 3.63) is 58.7 Å². The van der Waals surface area contributed by atoms with Crippen molar-refractivity contribution in [3.63, 3.8) is 0 Å². The van der Waals surface area contributed by atoms with Crippen molar-refractivity contribution in [1.82, 2.24) is 0 Å². The van der Waals surface area contributed by atoms with Crippen LogP contribution in [0.1, 0.15) is 35.3 Å². The molecule has 164 valence electrons. The van der Waals surface area contributed by atoms with E-state index in [0.717, 1.165) is 23.6 Å². The second kappa shape index (κ2) is 8.85. The molecule has 0 saturated carbocycles. The van der Waals surface area contributed by atoms with E-state index in [4.69, 9.17) is 9.47 Å². The molecule has 0 bridgehead atoms. The minimum absolute atomic E-state index is 0.168. The molecule has 0 amide bonds. The van der Waals surface area contributed by atoms with Gasteiger partial charge in [-0.1, -0.05) is 12.1 Å². The normalized spacial score (nSPS) is 29.0. The summed E-state index contributed by atoms with van der Waals surface area (Å²) in [7, 11) is 0. The molecule has 3 rings (SSSR count). The third-order valence-corrected chi connectivity index (χ3v) is 5.65. The number of hydrogen-bond acceptors (Lipinski definition) is 6. The molecule has 1 saturated heterocycles. The van der Waals surface area contributed by atoms with Crippen LogP contribution in [-0.2, 0) is 11.2 Å². The Kier molecular flexibility index (Phi) is 6.62. The average molecular weight is 424 g/mol. The number of hydrogen-bond donors (Lipinski definition) is 4. The minimum atomic E-state index is -2.35. The number of aromatic hydroxyl groups is 1. The minimum Gasteiger partial charge on any atom is -0.508 e. The molecule has 30 heavy (non-hydrogen) atoms. The Bertz CT molecular complexity index is 867. The van der Waals surface area contributed by atoms with Gasteiger partial charge in [0.2, 0.25) is 6.86 Å². The molecular formula is C22H26F2O6. The fraction of sp³-hybridized carbons (Fsp3) is 0.455. The predicted molar refractivity (Wildman–Crippen MR) is 105 cm³/mol. The van der Waals surface area contributed by atoms with Crippen LogP contribution in [0, 0.1) is 6.92 Å². The predicted octanol–water partition coefficient (Wildman–Crippen LogP) is 2.48. The zero-order valence-corrected chi connectivity index (χ0v) is 16.8. The van der Waals surface area contributed by atoms with Crippen molar-refractivity contribution in [3.8, 4) is 11.5 Å². The average Bonchev–Trinajstić information content (AvgIpc) is 2.71. The third kappa shape index (κ3) is 4.27. The Morgan fingerprint density at radius 1 is 1.17 bits per heavy atom. The van der Waals surface area contributed by atoms with E-state index in [1.807, 2.05) is 6.92 Å². The van der Waals surface area contributed by atoms with E-state index >= 15 is 0 Å². The van der Waals surface area contributed by atoms with Crippen molar-refractivity contribution >= 4 is 0 Å². The summed E-state index contributed by atoms with van der Waals surface area (Å²) in [6.45, 7) is 1.25. The molecule has 1 aliphatic rings. The highest BCUT2D eigenvalue weighted by Gasteiger charge is 2.53. The highest BCUT2D eigenvalue weighted by Crippen LogP contribution is 2.42. The standard InChI is InChI=1S/C22H26F2O6/c1-12-7-17(26)16(20-19(27)21(28)22(2,24)18(10-25)30-20)9-14(12)8-13-3-5-15(6-4-13)29-11-23/h3-7,9,18-21,25-28H,8,10-11H2,1-2H3/t18-,19+,20+,21-,22-/m0/s1. The zero-order valence-electron chi connectivity index (χ0n) is 16.8. The van der Waals surface area contributed by atoms with Crippen LogP contribution in [0.3, 0.4) is 0 Å². The zero-order chi connectivity index (χ0) is 22.1. The Labute approximate surface area is 173 Å². The summed E-state index contributed by atoms with van der Waals surface area (Å²) in [6, 6.07) is 9.98. The topological polar surface area (TPSA) is 99.4 Å². The van der Waals surface area contributed by atoms with Gasteiger partial charge in [-0.05, 0) is 61.2 Å². The molecule has 4 N–H and O–H groups in total. The highest BCUT2D eigenvalue weighted by atomic mass is 19.1. The van der Waals surface area contributed by atoms with Gasteiger partial charge in [0.05, 0.1) is 6.61 Å².